The molecule has 4 aromatic heterocycles. The lowest BCUT2D eigenvalue weighted by atomic mass is 10.1. The van der Waals surface area contributed by atoms with E-state index in [1.54, 1.807) is 23.3 Å². The number of nitrogens with zero attached hydrogens (tertiary/aromatic N) is 9. The summed E-state index contributed by atoms with van der Waals surface area (Å²) in [6, 6.07) is 5.44. The summed E-state index contributed by atoms with van der Waals surface area (Å²) in [6.45, 7) is 6.60. The first-order chi connectivity index (χ1) is 18.4. The van der Waals surface area contributed by atoms with Crippen LogP contribution in [0.5, 0.6) is 0 Å². The SMILES string of the molecule is Cc1ncnc2c1ncn2[C@@H]1O[C@H](COCc2cn(Cc3cccc(/C=N\O)n3)nn2)[C@H]2OC(C)(C)O[C@H]21. The van der Waals surface area contributed by atoms with Gasteiger partial charge in [-0.05, 0) is 32.9 Å². The molecule has 2 aliphatic rings. The minimum absolute atomic E-state index is 0.247. The quantitative estimate of drug-likeness (QED) is 0.204. The number of imidazole rings is 1. The largest absolute Gasteiger partial charge is 0.411 e. The van der Waals surface area contributed by atoms with Gasteiger partial charge in [-0.25, -0.2) is 24.6 Å². The molecule has 0 bridgehead atoms. The second-order valence-corrected chi connectivity index (χ2v) is 9.63. The van der Waals surface area contributed by atoms with Crippen molar-refractivity contribution < 1.29 is 24.2 Å². The predicted octanol–water partition coefficient (Wildman–Crippen LogP) is 1.61. The molecule has 4 atom stereocenters. The number of hydrogen-bond acceptors (Lipinski definition) is 12. The molecule has 0 amide bonds. The van der Waals surface area contributed by atoms with Gasteiger partial charge in [0.25, 0.3) is 0 Å². The first-order valence-electron chi connectivity index (χ1n) is 12.2. The van der Waals surface area contributed by atoms with E-state index in [2.05, 4.69) is 35.4 Å². The number of pyridine rings is 1. The summed E-state index contributed by atoms with van der Waals surface area (Å²) in [5, 5.41) is 20.1. The Bertz CT molecular complexity index is 1470. The fraction of sp³-hybridized carbons (Fsp3) is 0.458. The highest BCUT2D eigenvalue weighted by Gasteiger charge is 2.56. The van der Waals surface area contributed by atoms with Gasteiger partial charge in [-0.15, -0.1) is 5.10 Å². The van der Waals surface area contributed by atoms with Crippen molar-refractivity contribution in [3.05, 3.63) is 59.8 Å². The zero-order chi connectivity index (χ0) is 26.3. The number of rotatable bonds is 8. The Morgan fingerprint density at radius 1 is 1.16 bits per heavy atom. The van der Waals surface area contributed by atoms with E-state index in [4.69, 9.17) is 24.2 Å². The highest BCUT2D eigenvalue weighted by molar-refractivity contribution is 5.76. The molecule has 14 nitrogen and oxygen atoms in total. The molecule has 0 aliphatic carbocycles. The second kappa shape index (κ2) is 9.79. The Morgan fingerprint density at radius 2 is 2.03 bits per heavy atom. The van der Waals surface area contributed by atoms with E-state index in [0.29, 0.717) is 23.6 Å². The van der Waals surface area contributed by atoms with Crippen molar-refractivity contribution in [1.29, 1.82) is 0 Å². The van der Waals surface area contributed by atoms with Crippen LogP contribution in [0.4, 0.5) is 0 Å². The standard InChI is InChI=1S/C24H27N9O5/c1-14-19-22(26-12-25-14)33(13-27-19)23-21-20(37-24(2,3)38-21)18(36-23)11-35-10-17-9-32(31-30-17)8-16-6-4-5-15(29-16)7-28-34/h4-7,9,12-13,18,20-21,23,34H,8,10-11H2,1-3H3/b28-7-/t18-,20-,21-,23-/m1/s1. The summed E-state index contributed by atoms with van der Waals surface area (Å²) in [4.78, 5) is 17.5. The highest BCUT2D eigenvalue weighted by atomic mass is 16.8. The maximum atomic E-state index is 8.71. The van der Waals surface area contributed by atoms with Gasteiger partial charge in [0.05, 0.1) is 55.6 Å². The predicted molar refractivity (Wildman–Crippen MR) is 130 cm³/mol. The highest BCUT2D eigenvalue weighted by Crippen LogP contribution is 2.43. The van der Waals surface area contributed by atoms with Crippen LogP contribution in [0, 0.1) is 6.92 Å². The van der Waals surface area contributed by atoms with Crippen molar-refractivity contribution >= 4 is 17.4 Å². The van der Waals surface area contributed by atoms with E-state index in [1.165, 1.54) is 12.5 Å². The lowest BCUT2D eigenvalue weighted by molar-refractivity contribution is -0.202. The molecule has 0 radical (unpaired) electrons. The number of aromatic nitrogens is 8. The molecule has 4 aromatic rings. The monoisotopic (exact) mass is 521 g/mol. The number of ether oxygens (including phenoxy) is 4. The molecule has 6 heterocycles. The zero-order valence-corrected chi connectivity index (χ0v) is 21.1. The van der Waals surface area contributed by atoms with Crippen LogP contribution in [0.1, 0.15) is 42.9 Å². The van der Waals surface area contributed by atoms with E-state index >= 15 is 0 Å². The number of hydrogen-bond donors (Lipinski definition) is 1. The van der Waals surface area contributed by atoms with Crippen molar-refractivity contribution in [3.63, 3.8) is 0 Å². The minimum Gasteiger partial charge on any atom is -0.411 e. The Balaban J connectivity index is 1.11. The smallest absolute Gasteiger partial charge is 0.166 e. The van der Waals surface area contributed by atoms with Gasteiger partial charge in [-0.2, -0.15) is 0 Å². The van der Waals surface area contributed by atoms with Crippen LogP contribution >= 0.6 is 0 Å². The molecule has 1 N–H and O–H groups in total. The van der Waals surface area contributed by atoms with Gasteiger partial charge in [0.1, 0.15) is 35.8 Å². The normalized spacial score (nSPS) is 24.5. The Labute approximate surface area is 217 Å². The van der Waals surface area contributed by atoms with Crippen molar-refractivity contribution in [3.8, 4) is 0 Å². The third-order valence-corrected chi connectivity index (χ3v) is 6.40. The summed E-state index contributed by atoms with van der Waals surface area (Å²) < 4.78 is 28.3. The summed E-state index contributed by atoms with van der Waals surface area (Å²) in [6.07, 6.45) is 4.76. The number of aryl methyl sites for hydroxylation is 1. The van der Waals surface area contributed by atoms with Crippen LogP contribution in [0.25, 0.3) is 11.2 Å². The first-order valence-corrected chi connectivity index (χ1v) is 12.2. The summed E-state index contributed by atoms with van der Waals surface area (Å²) in [5.74, 6) is -0.756. The van der Waals surface area contributed by atoms with Gasteiger partial charge in [0.2, 0.25) is 0 Å². The van der Waals surface area contributed by atoms with E-state index < -0.39 is 12.0 Å². The number of oxime groups is 1. The molecule has 0 saturated carbocycles. The summed E-state index contributed by atoms with van der Waals surface area (Å²) in [5.41, 5.74) is 4.16. The Kier molecular flexibility index (Phi) is 6.31. The van der Waals surface area contributed by atoms with Crippen molar-refractivity contribution in [2.75, 3.05) is 6.61 Å². The van der Waals surface area contributed by atoms with Gasteiger partial charge in [-0.3, -0.25) is 4.57 Å². The van der Waals surface area contributed by atoms with E-state index in [-0.39, 0.29) is 31.5 Å². The maximum absolute atomic E-state index is 8.71. The molecule has 14 heteroatoms. The van der Waals surface area contributed by atoms with Crippen molar-refractivity contribution in [2.45, 2.75) is 64.2 Å². The molecule has 0 aromatic carbocycles. The van der Waals surface area contributed by atoms with E-state index in [1.807, 2.05) is 37.5 Å². The van der Waals surface area contributed by atoms with Crippen molar-refractivity contribution in [1.82, 2.24) is 39.5 Å². The van der Waals surface area contributed by atoms with E-state index in [0.717, 1.165) is 16.9 Å². The second-order valence-electron chi connectivity index (χ2n) is 9.63. The van der Waals surface area contributed by atoms with Crippen LogP contribution in [-0.2, 0) is 32.1 Å². The van der Waals surface area contributed by atoms with Crippen LogP contribution in [0.3, 0.4) is 0 Å². The molecule has 6 rings (SSSR count). The molecule has 0 spiro atoms. The summed E-state index contributed by atoms with van der Waals surface area (Å²) in [7, 11) is 0. The van der Waals surface area contributed by atoms with Gasteiger partial charge >= 0.3 is 0 Å². The number of fused-ring (bicyclic) bond motifs is 2. The minimum atomic E-state index is -0.756. The molecule has 0 unspecified atom stereocenters. The van der Waals surface area contributed by atoms with E-state index in [9.17, 15) is 0 Å². The lowest BCUT2D eigenvalue weighted by Crippen LogP contribution is -2.32. The molecular weight excluding hydrogens is 494 g/mol. The van der Waals surface area contributed by atoms with Gasteiger partial charge in [0, 0.05) is 0 Å². The molecule has 2 saturated heterocycles. The maximum Gasteiger partial charge on any atom is 0.166 e. The molecule has 2 aliphatic heterocycles. The molecule has 38 heavy (non-hydrogen) atoms. The Hall–Kier alpha value is -3.85. The first kappa shape index (κ1) is 24.5. The Morgan fingerprint density at radius 3 is 2.89 bits per heavy atom. The third kappa shape index (κ3) is 4.74. The fourth-order valence-electron chi connectivity index (χ4n) is 4.82. The van der Waals surface area contributed by atoms with Gasteiger partial charge < -0.3 is 24.2 Å². The zero-order valence-electron chi connectivity index (χ0n) is 21.1. The third-order valence-electron chi connectivity index (χ3n) is 6.40. The van der Waals surface area contributed by atoms with Gasteiger partial charge in [-0.1, -0.05) is 16.4 Å². The van der Waals surface area contributed by atoms with Gasteiger partial charge in [0.15, 0.2) is 17.7 Å². The molecular formula is C24H27N9O5. The van der Waals surface area contributed by atoms with Crippen molar-refractivity contribution in [2.24, 2.45) is 5.16 Å². The van der Waals surface area contributed by atoms with Crippen LogP contribution in [0.15, 0.2) is 42.2 Å². The molecule has 198 valence electrons. The van der Waals surface area contributed by atoms with Crippen LogP contribution in [-0.4, -0.2) is 81.6 Å². The topological polar surface area (TPSA) is 157 Å². The lowest BCUT2D eigenvalue weighted by Gasteiger charge is -2.24. The van der Waals surface area contributed by atoms with Crippen LogP contribution < -0.4 is 0 Å². The van der Waals surface area contributed by atoms with Crippen LogP contribution in [0.2, 0.25) is 0 Å². The average Bonchev–Trinajstić information content (AvgIpc) is 3.64. The fourth-order valence-corrected chi connectivity index (χ4v) is 4.82. The summed E-state index contributed by atoms with van der Waals surface area (Å²) >= 11 is 0. The average molecular weight is 522 g/mol. The molecule has 2 fully saturated rings.